The maximum absolute atomic E-state index is 13.6. The molecule has 0 saturated carbocycles. The van der Waals surface area contributed by atoms with Gasteiger partial charge >= 0.3 is 5.97 Å². The first kappa shape index (κ1) is 17.6. The van der Waals surface area contributed by atoms with E-state index in [1.165, 1.54) is 24.0 Å². The van der Waals surface area contributed by atoms with Gasteiger partial charge in [-0.3, -0.25) is 14.4 Å². The summed E-state index contributed by atoms with van der Waals surface area (Å²) in [4.78, 5) is 35.6. The van der Waals surface area contributed by atoms with Gasteiger partial charge in [-0.1, -0.05) is 6.92 Å². The maximum atomic E-state index is 13.6. The molecule has 1 rings (SSSR count). The van der Waals surface area contributed by atoms with Crippen molar-refractivity contribution in [3.63, 3.8) is 0 Å². The molecule has 0 saturated heterocycles. The summed E-state index contributed by atoms with van der Waals surface area (Å²) in [5.41, 5.74) is 0.00414. The molecule has 1 atom stereocenters. The second kappa shape index (κ2) is 7.53. The summed E-state index contributed by atoms with van der Waals surface area (Å²) in [5.74, 6) is -2.78. The third kappa shape index (κ3) is 4.54. The second-order valence-corrected chi connectivity index (χ2v) is 4.96. The normalized spacial score (nSPS) is 11.6. The van der Waals surface area contributed by atoms with Crippen molar-refractivity contribution in [1.82, 2.24) is 4.90 Å². The van der Waals surface area contributed by atoms with Gasteiger partial charge in [-0.25, -0.2) is 4.39 Å². The molecule has 120 valence electrons. The number of hydrogen-bond donors (Lipinski definition) is 2. The molecule has 2 amide bonds. The highest BCUT2D eigenvalue weighted by Gasteiger charge is 2.23. The number of anilines is 1. The Bertz CT molecular complexity index is 589. The van der Waals surface area contributed by atoms with Crippen molar-refractivity contribution in [2.24, 2.45) is 0 Å². The van der Waals surface area contributed by atoms with Crippen LogP contribution in [0, 0.1) is 5.82 Å². The van der Waals surface area contributed by atoms with E-state index < -0.39 is 30.1 Å². The van der Waals surface area contributed by atoms with E-state index in [1.54, 1.807) is 6.92 Å². The Kier molecular flexibility index (Phi) is 6.03. The number of carboxylic acid groups (broad SMARTS) is 1. The molecule has 2 N–H and O–H groups in total. The van der Waals surface area contributed by atoms with Crippen molar-refractivity contribution < 1.29 is 23.9 Å². The zero-order valence-corrected chi connectivity index (χ0v) is 12.7. The van der Waals surface area contributed by atoms with Gasteiger partial charge in [-0.2, -0.15) is 0 Å². The second-order valence-electron chi connectivity index (χ2n) is 4.96. The minimum Gasteiger partial charge on any atom is -0.480 e. The Balaban J connectivity index is 3.12. The molecule has 0 aromatic heterocycles. The molecule has 6 nitrogen and oxygen atoms in total. The summed E-state index contributed by atoms with van der Waals surface area (Å²) >= 11 is 0. The van der Waals surface area contributed by atoms with Gasteiger partial charge in [0.15, 0.2) is 0 Å². The number of rotatable bonds is 6. The van der Waals surface area contributed by atoms with E-state index in [4.69, 9.17) is 5.11 Å². The van der Waals surface area contributed by atoms with Crippen LogP contribution in [0.25, 0.3) is 0 Å². The van der Waals surface area contributed by atoms with Crippen LogP contribution in [0.1, 0.15) is 37.6 Å². The molecule has 7 heteroatoms. The number of hydrogen-bond acceptors (Lipinski definition) is 3. The Labute approximate surface area is 127 Å². The molecular weight excluding hydrogens is 291 g/mol. The molecule has 0 fully saturated rings. The lowest BCUT2D eigenvalue weighted by atomic mass is 10.1. The highest BCUT2D eigenvalue weighted by Crippen LogP contribution is 2.19. The number of nitrogens with zero attached hydrogens (tertiary/aromatic N) is 1. The van der Waals surface area contributed by atoms with Gasteiger partial charge in [-0.05, 0) is 31.5 Å². The fourth-order valence-corrected chi connectivity index (χ4v) is 1.90. The summed E-state index contributed by atoms with van der Waals surface area (Å²) in [6.45, 7) is 4.35. The van der Waals surface area contributed by atoms with Crippen molar-refractivity contribution >= 4 is 23.5 Å². The van der Waals surface area contributed by atoms with Crippen molar-refractivity contribution in [2.45, 2.75) is 33.2 Å². The number of carboxylic acids is 1. The molecule has 0 radical (unpaired) electrons. The molecule has 0 aliphatic heterocycles. The number of aliphatic carboxylic acids is 1. The third-order valence-corrected chi connectivity index (χ3v) is 3.21. The minimum atomic E-state index is -1.13. The van der Waals surface area contributed by atoms with Gasteiger partial charge in [0.1, 0.15) is 12.4 Å². The predicted molar refractivity (Wildman–Crippen MR) is 79.1 cm³/mol. The van der Waals surface area contributed by atoms with E-state index in [0.717, 1.165) is 6.07 Å². The van der Waals surface area contributed by atoms with Crippen LogP contribution >= 0.6 is 0 Å². The average Bonchev–Trinajstić information content (AvgIpc) is 2.45. The van der Waals surface area contributed by atoms with Crippen molar-refractivity contribution in [3.8, 4) is 0 Å². The van der Waals surface area contributed by atoms with E-state index in [1.807, 2.05) is 6.92 Å². The molecule has 22 heavy (non-hydrogen) atoms. The predicted octanol–water partition coefficient (Wildman–Crippen LogP) is 2.11. The third-order valence-electron chi connectivity index (χ3n) is 3.21. The monoisotopic (exact) mass is 310 g/mol. The van der Waals surface area contributed by atoms with Gasteiger partial charge < -0.3 is 15.3 Å². The maximum Gasteiger partial charge on any atom is 0.323 e. The van der Waals surface area contributed by atoms with Gasteiger partial charge in [0, 0.05) is 18.5 Å². The zero-order valence-electron chi connectivity index (χ0n) is 12.7. The summed E-state index contributed by atoms with van der Waals surface area (Å²) < 4.78 is 13.6. The van der Waals surface area contributed by atoms with Crippen LogP contribution < -0.4 is 5.32 Å². The lowest BCUT2D eigenvalue weighted by Gasteiger charge is -2.27. The lowest BCUT2D eigenvalue weighted by molar-refractivity contribution is -0.138. The first-order valence-electron chi connectivity index (χ1n) is 6.86. The Hall–Kier alpha value is -2.44. The molecule has 1 aromatic carbocycles. The van der Waals surface area contributed by atoms with Crippen molar-refractivity contribution in [1.29, 1.82) is 0 Å². The van der Waals surface area contributed by atoms with E-state index in [0.29, 0.717) is 6.42 Å². The lowest BCUT2D eigenvalue weighted by Crippen LogP contribution is -2.41. The average molecular weight is 310 g/mol. The fourth-order valence-electron chi connectivity index (χ4n) is 1.90. The van der Waals surface area contributed by atoms with Gasteiger partial charge in [0.05, 0.1) is 5.69 Å². The van der Waals surface area contributed by atoms with Gasteiger partial charge in [0.2, 0.25) is 5.91 Å². The highest BCUT2D eigenvalue weighted by atomic mass is 19.1. The van der Waals surface area contributed by atoms with Crippen LogP contribution in [-0.2, 0) is 9.59 Å². The van der Waals surface area contributed by atoms with Gasteiger partial charge in [0.25, 0.3) is 5.91 Å². The fraction of sp³-hybridized carbons (Fsp3) is 0.400. The summed E-state index contributed by atoms with van der Waals surface area (Å²) in [5, 5.41) is 11.2. The molecule has 1 unspecified atom stereocenters. The molecule has 0 spiro atoms. The SMILES string of the molecule is CCC(C)N(CC(=O)O)C(=O)c1ccc(F)c(NC(C)=O)c1. The summed E-state index contributed by atoms with van der Waals surface area (Å²) in [6, 6.07) is 3.25. The summed E-state index contributed by atoms with van der Waals surface area (Å²) in [6.07, 6.45) is 0.582. The molecule has 1 aromatic rings. The van der Waals surface area contributed by atoms with Crippen LogP contribution in [0.3, 0.4) is 0 Å². The number of carbonyl (C=O) groups is 3. The Morgan fingerprint density at radius 2 is 2.00 bits per heavy atom. The molecule has 0 bridgehead atoms. The number of benzene rings is 1. The van der Waals surface area contributed by atoms with E-state index in [-0.39, 0.29) is 17.3 Å². The summed E-state index contributed by atoms with van der Waals surface area (Å²) in [7, 11) is 0. The van der Waals surface area contributed by atoms with Crippen LogP contribution in [0.5, 0.6) is 0 Å². The quantitative estimate of drug-likeness (QED) is 0.842. The number of nitrogens with one attached hydrogen (secondary N) is 1. The minimum absolute atomic E-state index is 0.113. The number of carbonyl (C=O) groups excluding carboxylic acids is 2. The van der Waals surface area contributed by atoms with Crippen LogP contribution in [-0.4, -0.2) is 40.4 Å². The zero-order chi connectivity index (χ0) is 16.9. The largest absolute Gasteiger partial charge is 0.480 e. The molecule has 0 aliphatic rings. The number of amides is 2. The van der Waals surface area contributed by atoms with E-state index >= 15 is 0 Å². The Morgan fingerprint density at radius 3 is 2.50 bits per heavy atom. The molecule has 0 heterocycles. The standard InChI is InChI=1S/C15H19FN2O4/c1-4-9(2)18(8-14(20)21)15(22)11-5-6-12(16)13(7-11)17-10(3)19/h5-7,9H,4,8H2,1-3H3,(H,17,19)(H,20,21). The Morgan fingerprint density at radius 1 is 1.36 bits per heavy atom. The molecular formula is C15H19FN2O4. The van der Waals surface area contributed by atoms with Crippen molar-refractivity contribution in [3.05, 3.63) is 29.6 Å². The van der Waals surface area contributed by atoms with E-state index in [9.17, 15) is 18.8 Å². The van der Waals surface area contributed by atoms with Crippen LogP contribution in [0.2, 0.25) is 0 Å². The van der Waals surface area contributed by atoms with Crippen LogP contribution in [0.15, 0.2) is 18.2 Å². The van der Waals surface area contributed by atoms with Gasteiger partial charge in [-0.15, -0.1) is 0 Å². The smallest absolute Gasteiger partial charge is 0.323 e. The van der Waals surface area contributed by atoms with Crippen LogP contribution in [0.4, 0.5) is 10.1 Å². The number of halogens is 1. The first-order chi connectivity index (χ1) is 10.3. The first-order valence-corrected chi connectivity index (χ1v) is 6.86. The topological polar surface area (TPSA) is 86.7 Å². The molecule has 0 aliphatic carbocycles. The van der Waals surface area contributed by atoms with Crippen molar-refractivity contribution in [2.75, 3.05) is 11.9 Å². The van der Waals surface area contributed by atoms with E-state index in [2.05, 4.69) is 5.32 Å². The highest BCUT2D eigenvalue weighted by molar-refractivity contribution is 5.98.